The minimum atomic E-state index is 0.267. The second kappa shape index (κ2) is 10.6. The first-order chi connectivity index (χ1) is 12.1. The first kappa shape index (κ1) is 20.0. The largest absolute Gasteiger partial charge is 0.379 e. The maximum Gasteiger partial charge on any atom is 0.225 e. The molecule has 1 heterocycles. The molecule has 0 radical (unpaired) electrons. The van der Waals surface area contributed by atoms with Crippen molar-refractivity contribution in [1.29, 1.82) is 0 Å². The van der Waals surface area contributed by atoms with Gasteiger partial charge in [0.2, 0.25) is 5.91 Å². The molecule has 1 amide bonds. The van der Waals surface area contributed by atoms with E-state index in [1.807, 2.05) is 4.90 Å². The Balaban J connectivity index is 1.67. The van der Waals surface area contributed by atoms with Gasteiger partial charge in [-0.25, -0.2) is 0 Å². The van der Waals surface area contributed by atoms with E-state index in [2.05, 4.69) is 29.5 Å². The normalized spacial score (nSPS) is 22.5. The summed E-state index contributed by atoms with van der Waals surface area (Å²) in [6, 6.07) is 0.287. The zero-order chi connectivity index (χ0) is 18.1. The fourth-order valence-electron chi connectivity index (χ4n) is 3.63. The van der Waals surface area contributed by atoms with Crippen molar-refractivity contribution in [2.75, 3.05) is 39.9 Å². The molecule has 0 bridgehead atoms. The Kier molecular flexibility index (Phi) is 8.52. The van der Waals surface area contributed by atoms with Crippen molar-refractivity contribution >= 4 is 11.9 Å². The van der Waals surface area contributed by atoms with Crippen molar-refractivity contribution in [2.24, 2.45) is 16.8 Å². The van der Waals surface area contributed by atoms with E-state index in [1.165, 1.54) is 19.3 Å². The Bertz CT molecular complexity index is 433. The highest BCUT2D eigenvalue weighted by molar-refractivity contribution is 5.81. The minimum absolute atomic E-state index is 0.267. The molecular formula is C19H36N4O2. The van der Waals surface area contributed by atoms with E-state index in [-0.39, 0.29) is 12.0 Å². The van der Waals surface area contributed by atoms with Crippen molar-refractivity contribution in [3.05, 3.63) is 0 Å². The minimum Gasteiger partial charge on any atom is -0.379 e. The quantitative estimate of drug-likeness (QED) is 0.418. The summed E-state index contributed by atoms with van der Waals surface area (Å²) in [5, 5.41) is 6.73. The van der Waals surface area contributed by atoms with Gasteiger partial charge in [-0.05, 0) is 25.2 Å². The van der Waals surface area contributed by atoms with Gasteiger partial charge >= 0.3 is 0 Å². The van der Waals surface area contributed by atoms with Crippen LogP contribution in [0.4, 0.5) is 0 Å². The Morgan fingerprint density at radius 2 is 2.00 bits per heavy atom. The van der Waals surface area contributed by atoms with Gasteiger partial charge < -0.3 is 20.3 Å². The number of nitrogens with one attached hydrogen (secondary N) is 2. The van der Waals surface area contributed by atoms with Gasteiger partial charge in [-0.3, -0.25) is 9.79 Å². The maximum atomic E-state index is 12.6. The Morgan fingerprint density at radius 1 is 1.24 bits per heavy atom. The molecule has 1 aliphatic heterocycles. The van der Waals surface area contributed by atoms with E-state index in [1.54, 1.807) is 7.05 Å². The van der Waals surface area contributed by atoms with Crippen LogP contribution in [0.1, 0.15) is 52.4 Å². The van der Waals surface area contributed by atoms with Gasteiger partial charge in [-0.15, -0.1) is 0 Å². The molecule has 6 heteroatoms. The third-order valence-corrected chi connectivity index (χ3v) is 5.01. The van der Waals surface area contributed by atoms with E-state index >= 15 is 0 Å². The summed E-state index contributed by atoms with van der Waals surface area (Å²) in [4.78, 5) is 19.0. The number of carbonyl (C=O) groups is 1. The van der Waals surface area contributed by atoms with E-state index in [0.29, 0.717) is 18.4 Å². The highest BCUT2D eigenvalue weighted by Gasteiger charge is 2.31. The SMILES string of the molecule is CN=C(NCCOCC(C)C)NC1CCN(C(=O)C2CCCCC2)C1. The van der Waals surface area contributed by atoms with Crippen molar-refractivity contribution in [3.63, 3.8) is 0 Å². The van der Waals surface area contributed by atoms with Crippen molar-refractivity contribution in [2.45, 2.75) is 58.4 Å². The summed E-state index contributed by atoms with van der Waals surface area (Å²) in [5.74, 6) is 1.99. The lowest BCUT2D eigenvalue weighted by Crippen LogP contribution is -2.46. The van der Waals surface area contributed by atoms with Crippen LogP contribution in [0.2, 0.25) is 0 Å². The van der Waals surface area contributed by atoms with Gasteiger partial charge in [0.1, 0.15) is 0 Å². The highest BCUT2D eigenvalue weighted by atomic mass is 16.5. The van der Waals surface area contributed by atoms with Crippen LogP contribution in [0.3, 0.4) is 0 Å². The lowest BCUT2D eigenvalue weighted by Gasteiger charge is -2.26. The van der Waals surface area contributed by atoms with Crippen LogP contribution in [0.15, 0.2) is 4.99 Å². The number of aliphatic imine (C=N–C) groups is 1. The number of nitrogens with zero attached hydrogens (tertiary/aromatic N) is 2. The molecular weight excluding hydrogens is 316 g/mol. The Morgan fingerprint density at radius 3 is 2.68 bits per heavy atom. The zero-order valence-electron chi connectivity index (χ0n) is 16.2. The average Bonchev–Trinajstić information content (AvgIpc) is 3.08. The van der Waals surface area contributed by atoms with Gasteiger partial charge in [-0.1, -0.05) is 33.1 Å². The standard InChI is InChI=1S/C19H36N4O2/c1-15(2)14-25-12-10-21-19(20-3)22-17-9-11-23(13-17)18(24)16-7-5-4-6-8-16/h15-17H,4-14H2,1-3H3,(H2,20,21,22). The first-order valence-corrected chi connectivity index (χ1v) is 9.94. The Labute approximate surface area is 152 Å². The topological polar surface area (TPSA) is 66.0 Å². The highest BCUT2D eigenvalue weighted by Crippen LogP contribution is 2.26. The molecule has 1 saturated carbocycles. The molecule has 1 aliphatic carbocycles. The third-order valence-electron chi connectivity index (χ3n) is 5.01. The van der Waals surface area contributed by atoms with Gasteiger partial charge in [0, 0.05) is 45.2 Å². The number of likely N-dealkylation sites (tertiary alicyclic amines) is 1. The molecule has 2 fully saturated rings. The van der Waals surface area contributed by atoms with Crippen molar-refractivity contribution in [3.8, 4) is 0 Å². The number of carbonyl (C=O) groups excluding carboxylic acids is 1. The van der Waals surface area contributed by atoms with E-state index in [9.17, 15) is 4.79 Å². The summed E-state index contributed by atoms with van der Waals surface area (Å²) < 4.78 is 5.58. The number of amides is 1. The second-order valence-corrected chi connectivity index (χ2v) is 7.72. The smallest absolute Gasteiger partial charge is 0.225 e. The van der Waals surface area contributed by atoms with Crippen LogP contribution in [-0.4, -0.2) is 62.7 Å². The number of hydrogen-bond donors (Lipinski definition) is 2. The molecule has 144 valence electrons. The maximum absolute atomic E-state index is 12.6. The number of rotatable bonds is 7. The molecule has 0 spiro atoms. The third kappa shape index (κ3) is 6.84. The van der Waals surface area contributed by atoms with Gasteiger partial charge in [-0.2, -0.15) is 0 Å². The number of ether oxygens (including phenoxy) is 1. The van der Waals surface area contributed by atoms with Gasteiger partial charge in [0.05, 0.1) is 6.61 Å². The predicted molar refractivity (Wildman–Crippen MR) is 102 cm³/mol. The lowest BCUT2D eigenvalue weighted by molar-refractivity contribution is -0.135. The van der Waals surface area contributed by atoms with E-state index in [4.69, 9.17) is 4.74 Å². The predicted octanol–water partition coefficient (Wildman–Crippen LogP) is 2.01. The lowest BCUT2D eigenvalue weighted by atomic mass is 9.88. The van der Waals surface area contributed by atoms with Gasteiger partial charge in [0.25, 0.3) is 0 Å². The fourth-order valence-corrected chi connectivity index (χ4v) is 3.63. The van der Waals surface area contributed by atoms with Crippen LogP contribution in [-0.2, 0) is 9.53 Å². The molecule has 2 aliphatic rings. The second-order valence-electron chi connectivity index (χ2n) is 7.72. The van der Waals surface area contributed by atoms with Crippen LogP contribution >= 0.6 is 0 Å². The fraction of sp³-hybridized carbons (Fsp3) is 0.895. The summed E-state index contributed by atoms with van der Waals surface area (Å²) >= 11 is 0. The molecule has 0 aromatic heterocycles. The monoisotopic (exact) mass is 352 g/mol. The zero-order valence-corrected chi connectivity index (χ0v) is 16.2. The molecule has 0 aromatic carbocycles. The number of guanidine groups is 1. The Hall–Kier alpha value is -1.30. The van der Waals surface area contributed by atoms with Crippen molar-refractivity contribution < 1.29 is 9.53 Å². The van der Waals surface area contributed by atoms with Crippen LogP contribution < -0.4 is 10.6 Å². The first-order valence-electron chi connectivity index (χ1n) is 9.94. The van der Waals surface area contributed by atoms with Crippen molar-refractivity contribution in [1.82, 2.24) is 15.5 Å². The molecule has 1 atom stereocenters. The van der Waals surface area contributed by atoms with E-state index < -0.39 is 0 Å². The van der Waals surface area contributed by atoms with Crippen LogP contribution in [0.25, 0.3) is 0 Å². The summed E-state index contributed by atoms with van der Waals surface area (Å²) in [7, 11) is 1.78. The summed E-state index contributed by atoms with van der Waals surface area (Å²) in [5.41, 5.74) is 0. The van der Waals surface area contributed by atoms with Crippen LogP contribution in [0, 0.1) is 11.8 Å². The van der Waals surface area contributed by atoms with Gasteiger partial charge in [0.15, 0.2) is 5.96 Å². The van der Waals surface area contributed by atoms with E-state index in [0.717, 1.165) is 51.5 Å². The summed E-state index contributed by atoms with van der Waals surface area (Å²) in [6.45, 7) is 8.15. The van der Waals surface area contributed by atoms with Crippen LogP contribution in [0.5, 0.6) is 0 Å². The summed E-state index contributed by atoms with van der Waals surface area (Å²) in [6.07, 6.45) is 6.85. The molecule has 6 nitrogen and oxygen atoms in total. The number of hydrogen-bond acceptors (Lipinski definition) is 3. The average molecular weight is 353 g/mol. The molecule has 1 unspecified atom stereocenters. The molecule has 2 rings (SSSR count). The molecule has 25 heavy (non-hydrogen) atoms. The molecule has 0 aromatic rings. The molecule has 1 saturated heterocycles. The molecule has 2 N–H and O–H groups in total.